The van der Waals surface area contributed by atoms with E-state index in [1.165, 1.54) is 0 Å². The third-order valence-electron chi connectivity index (χ3n) is 0.905. The molecule has 0 aliphatic heterocycles. The molecule has 0 atom stereocenters. The van der Waals surface area contributed by atoms with Gasteiger partial charge in [0.05, 0.1) is 0 Å². The maximum Gasteiger partial charge on any atom is 0.488 e. The first-order valence-corrected chi connectivity index (χ1v) is 4.87. The molecule has 0 saturated heterocycles. The van der Waals surface area contributed by atoms with Crippen molar-refractivity contribution in [3.8, 4) is 0 Å². The highest BCUT2D eigenvalue weighted by Gasteiger charge is 2.23. The van der Waals surface area contributed by atoms with E-state index in [2.05, 4.69) is 9.36 Å². The number of aryl methyl sites for hydroxylation is 1. The van der Waals surface area contributed by atoms with Crippen LogP contribution in [0.1, 0.15) is 5.82 Å². The first-order valence-electron chi connectivity index (χ1n) is 3.11. The van der Waals surface area contributed by atoms with Crippen molar-refractivity contribution in [1.82, 2.24) is 9.36 Å². The molecule has 12 heavy (non-hydrogen) atoms. The molecule has 0 unspecified atom stereocenters. The van der Waals surface area contributed by atoms with Crippen molar-refractivity contribution in [3.63, 3.8) is 0 Å². The van der Waals surface area contributed by atoms with E-state index in [9.17, 15) is 12.9 Å². The number of rotatable bonds is 3. The summed E-state index contributed by atoms with van der Waals surface area (Å²) >= 11 is 1.70. The number of hydrogen-bond donors (Lipinski definition) is 0. The molecule has 0 radical (unpaired) electrons. The fourth-order valence-corrected chi connectivity index (χ4v) is 1.98. The van der Waals surface area contributed by atoms with Gasteiger partial charge in [-0.25, -0.2) is 4.98 Å². The predicted octanol–water partition coefficient (Wildman–Crippen LogP) is 2.33. The predicted molar refractivity (Wildman–Crippen MR) is 44.4 cm³/mol. The van der Waals surface area contributed by atoms with Crippen molar-refractivity contribution < 1.29 is 12.9 Å². The van der Waals surface area contributed by atoms with Gasteiger partial charge in [-0.1, -0.05) is 0 Å². The summed E-state index contributed by atoms with van der Waals surface area (Å²) in [7, 11) is 0. The smallest absolute Gasteiger partial charge is 0.448 e. The molecule has 0 amide bonds. The lowest BCUT2D eigenvalue weighted by Gasteiger charge is -2.10. The van der Waals surface area contributed by atoms with Gasteiger partial charge < -0.3 is 12.9 Å². The first kappa shape index (κ1) is 9.85. The average molecular weight is 213 g/mol. The molecule has 0 aliphatic carbocycles. The summed E-state index contributed by atoms with van der Waals surface area (Å²) in [5, 5.41) is 0. The van der Waals surface area contributed by atoms with Gasteiger partial charge >= 0.3 is 6.98 Å². The molecular weight excluding hydrogens is 208 g/mol. The summed E-state index contributed by atoms with van der Waals surface area (Å²) in [6.45, 7) is -3.06. The highest BCUT2D eigenvalue weighted by molar-refractivity contribution is 8.02. The lowest BCUT2D eigenvalue weighted by Crippen LogP contribution is -2.18. The fourth-order valence-electron chi connectivity index (χ4n) is 0.502. The normalized spacial score (nSPS) is 12.0. The lowest BCUT2D eigenvalue weighted by atomic mass is 9.98. The van der Waals surface area contributed by atoms with Crippen LogP contribution in [-0.2, 0) is 0 Å². The number of hydrogen-bond acceptors (Lipinski definition) is 4. The molecule has 0 bridgehead atoms. The van der Waals surface area contributed by atoms with Gasteiger partial charge in [0.2, 0.25) is 0 Å². The Morgan fingerprint density at radius 1 is 1.50 bits per heavy atom. The molecule has 68 valence electrons. The zero-order valence-electron chi connectivity index (χ0n) is 6.13. The Morgan fingerprint density at radius 3 is 2.58 bits per heavy atom. The third kappa shape index (κ3) is 3.44. The zero-order chi connectivity index (χ0) is 9.19. The second-order valence-corrected chi connectivity index (χ2v) is 4.15. The molecule has 2 nitrogen and oxygen atoms in total. The summed E-state index contributed by atoms with van der Waals surface area (Å²) in [5.74, 6) is 0.525. The molecule has 0 spiro atoms. The zero-order valence-corrected chi connectivity index (χ0v) is 7.76. The summed E-state index contributed by atoms with van der Waals surface area (Å²) in [5.41, 5.74) is -0.839. The molecule has 0 aromatic carbocycles. The topological polar surface area (TPSA) is 25.8 Å². The van der Waals surface area contributed by atoms with Gasteiger partial charge in [-0.15, -0.1) is 11.8 Å². The number of aromatic nitrogens is 2. The summed E-state index contributed by atoms with van der Waals surface area (Å²) < 4.78 is 39.4. The van der Waals surface area contributed by atoms with Crippen molar-refractivity contribution in [2.24, 2.45) is 0 Å². The maximum absolute atomic E-state index is 11.7. The molecule has 1 aromatic rings. The summed E-state index contributed by atoms with van der Waals surface area (Å²) in [6, 6.07) is 0. The van der Waals surface area contributed by atoms with Gasteiger partial charge in [0, 0.05) is 0 Å². The number of halogens is 3. The van der Waals surface area contributed by atoms with Crippen molar-refractivity contribution in [2.75, 3.05) is 5.65 Å². The second kappa shape index (κ2) is 3.65. The van der Waals surface area contributed by atoms with E-state index in [4.69, 9.17) is 0 Å². The molecular formula is C4H5BF3N2S2-. The Hall–Kier alpha value is -0.235. The van der Waals surface area contributed by atoms with E-state index >= 15 is 0 Å². The van der Waals surface area contributed by atoms with Crippen LogP contribution in [0.4, 0.5) is 12.9 Å². The van der Waals surface area contributed by atoms with Crippen LogP contribution in [-0.4, -0.2) is 22.0 Å². The van der Waals surface area contributed by atoms with Crippen molar-refractivity contribution in [2.45, 2.75) is 11.3 Å². The van der Waals surface area contributed by atoms with Gasteiger partial charge in [-0.2, -0.15) is 4.37 Å². The molecule has 0 aliphatic rings. The largest absolute Gasteiger partial charge is 0.488 e. The van der Waals surface area contributed by atoms with Crippen LogP contribution in [0.5, 0.6) is 0 Å². The molecule has 0 fully saturated rings. The number of nitrogens with zero attached hydrogens (tertiary/aromatic N) is 2. The summed E-state index contributed by atoms with van der Waals surface area (Å²) in [6.07, 6.45) is 0. The SMILES string of the molecule is Cc1nsc(SC[B-](F)(F)F)n1. The van der Waals surface area contributed by atoms with Gasteiger partial charge in [0.1, 0.15) is 5.82 Å². The van der Waals surface area contributed by atoms with Crippen molar-refractivity contribution in [3.05, 3.63) is 5.82 Å². The van der Waals surface area contributed by atoms with Crippen molar-refractivity contribution in [1.29, 1.82) is 0 Å². The van der Waals surface area contributed by atoms with Crippen LogP contribution in [0.15, 0.2) is 4.34 Å². The molecule has 0 N–H and O–H groups in total. The van der Waals surface area contributed by atoms with E-state index in [1.807, 2.05) is 0 Å². The highest BCUT2D eigenvalue weighted by Crippen LogP contribution is 2.25. The Balaban J connectivity index is 2.44. The average Bonchev–Trinajstić information content (AvgIpc) is 2.30. The van der Waals surface area contributed by atoms with Crippen LogP contribution >= 0.6 is 23.3 Å². The minimum absolute atomic E-state index is 0.381. The minimum Gasteiger partial charge on any atom is -0.448 e. The first-order chi connectivity index (χ1) is 5.47. The maximum atomic E-state index is 11.7. The number of thioether (sulfide) groups is 1. The van der Waals surface area contributed by atoms with Gasteiger partial charge in [0.15, 0.2) is 4.34 Å². The molecule has 1 rings (SSSR count). The van der Waals surface area contributed by atoms with Crippen LogP contribution in [0.3, 0.4) is 0 Å². The third-order valence-corrected chi connectivity index (χ3v) is 2.97. The Kier molecular flexibility index (Phi) is 3.00. The van der Waals surface area contributed by atoms with Crippen LogP contribution in [0.2, 0.25) is 0 Å². The van der Waals surface area contributed by atoms with E-state index in [0.717, 1.165) is 11.5 Å². The fraction of sp³-hybridized carbons (Fsp3) is 0.500. The molecule has 1 heterocycles. The molecule has 0 saturated carbocycles. The lowest BCUT2D eigenvalue weighted by molar-refractivity contribution is 0.485. The standard InChI is InChI=1S/C4H5BF3N2S2/c1-3-9-4(12-10-3)11-2-5(6,7)8/h2H2,1H3/q-1. The van der Waals surface area contributed by atoms with Crippen molar-refractivity contribution >= 4 is 30.3 Å². The Labute approximate surface area is 75.8 Å². The second-order valence-electron chi connectivity index (χ2n) is 2.13. The van der Waals surface area contributed by atoms with E-state index < -0.39 is 12.6 Å². The summed E-state index contributed by atoms with van der Waals surface area (Å²) in [4.78, 5) is 3.79. The highest BCUT2D eigenvalue weighted by atomic mass is 32.2. The quantitative estimate of drug-likeness (QED) is 0.569. The van der Waals surface area contributed by atoms with Gasteiger partial charge in [-0.05, 0) is 24.1 Å². The van der Waals surface area contributed by atoms with Gasteiger partial charge in [0.25, 0.3) is 0 Å². The van der Waals surface area contributed by atoms with Crippen LogP contribution in [0.25, 0.3) is 0 Å². The Morgan fingerprint density at radius 2 is 2.17 bits per heavy atom. The van der Waals surface area contributed by atoms with Gasteiger partial charge in [-0.3, -0.25) is 0 Å². The molecule has 1 aromatic heterocycles. The van der Waals surface area contributed by atoms with E-state index in [1.54, 1.807) is 6.92 Å². The Bertz CT molecular complexity index is 261. The molecule has 8 heteroatoms. The monoisotopic (exact) mass is 213 g/mol. The van der Waals surface area contributed by atoms with Crippen LogP contribution in [0, 0.1) is 6.92 Å². The van der Waals surface area contributed by atoms with E-state index in [-0.39, 0.29) is 0 Å². The van der Waals surface area contributed by atoms with E-state index in [0.29, 0.717) is 21.9 Å². The van der Waals surface area contributed by atoms with Crippen LogP contribution < -0.4 is 0 Å². The minimum atomic E-state index is -4.72.